The second-order valence-electron chi connectivity index (χ2n) is 11.3. The van der Waals surface area contributed by atoms with Crippen LogP contribution in [-0.2, 0) is 6.61 Å². The third-order valence-corrected chi connectivity index (χ3v) is 10.6. The van der Waals surface area contributed by atoms with Gasteiger partial charge in [-0.15, -0.1) is 0 Å². The molecule has 5 nitrogen and oxygen atoms in total. The van der Waals surface area contributed by atoms with Crippen LogP contribution in [0.4, 0.5) is 0 Å². The standard InChI is InChI=1S/C23H13Cl5N2O.C17H11Cl3N2S/c24-15-4-2-14(3-5-15)22-18(17-7-6-16(25)10-20(17)27)11-29-23(30-22)31-12-13-1-8-19(26)21(28)9-13;1-23-17-21-9-14(13-7-6-12(19)8-15(13)20)16(22-17)10-2-4-11(18)5-3-10/h1-11H,12H2;2-9H,1H3. The molecule has 14 heteroatoms. The Morgan fingerprint density at radius 3 is 1.48 bits per heavy atom. The van der Waals surface area contributed by atoms with E-state index in [0.29, 0.717) is 51.0 Å². The summed E-state index contributed by atoms with van der Waals surface area (Å²) in [6, 6.07) is 31.1. The zero-order chi connectivity index (χ0) is 38.4. The molecule has 272 valence electrons. The molecular weight excluding hydrogens is 868 g/mol. The number of nitrogens with zero attached hydrogens (tertiary/aromatic N) is 4. The molecule has 0 spiro atoms. The number of aromatic nitrogens is 4. The largest absolute Gasteiger partial charge is 0.459 e. The molecule has 0 N–H and O–H groups in total. The van der Waals surface area contributed by atoms with E-state index in [1.54, 1.807) is 60.9 Å². The topological polar surface area (TPSA) is 60.8 Å². The number of hydrogen-bond acceptors (Lipinski definition) is 6. The van der Waals surface area contributed by atoms with Gasteiger partial charge in [-0.3, -0.25) is 0 Å². The van der Waals surface area contributed by atoms with Crippen molar-refractivity contribution in [2.45, 2.75) is 11.8 Å². The van der Waals surface area contributed by atoms with Crippen LogP contribution in [0.25, 0.3) is 44.8 Å². The molecule has 2 aromatic heterocycles. The minimum atomic E-state index is 0.213. The molecule has 0 aliphatic rings. The Bertz CT molecular complexity index is 2430. The van der Waals surface area contributed by atoms with Crippen LogP contribution in [-0.4, -0.2) is 26.2 Å². The van der Waals surface area contributed by atoms with Crippen molar-refractivity contribution in [3.8, 4) is 50.8 Å². The van der Waals surface area contributed by atoms with Gasteiger partial charge in [0.15, 0.2) is 5.16 Å². The Labute approximate surface area is 356 Å². The van der Waals surface area contributed by atoms with E-state index in [4.69, 9.17) is 97.5 Å². The van der Waals surface area contributed by atoms with Crippen LogP contribution in [0.3, 0.4) is 0 Å². The molecule has 0 saturated carbocycles. The van der Waals surface area contributed by atoms with E-state index >= 15 is 0 Å². The Morgan fingerprint density at radius 1 is 0.481 bits per heavy atom. The summed E-state index contributed by atoms with van der Waals surface area (Å²) < 4.78 is 5.81. The van der Waals surface area contributed by atoms with E-state index < -0.39 is 0 Å². The van der Waals surface area contributed by atoms with Gasteiger partial charge in [0.25, 0.3) is 0 Å². The number of ether oxygens (including phenoxy) is 1. The van der Waals surface area contributed by atoms with Gasteiger partial charge in [0.2, 0.25) is 0 Å². The third kappa shape index (κ3) is 10.1. The normalized spacial score (nSPS) is 10.8. The van der Waals surface area contributed by atoms with Crippen LogP contribution in [0.15, 0.2) is 121 Å². The summed E-state index contributed by atoms with van der Waals surface area (Å²) in [6.45, 7) is 0.234. The molecule has 7 aromatic rings. The fraction of sp³-hybridized carbons (Fsp3) is 0.0500. The first kappa shape index (κ1) is 40.4. The van der Waals surface area contributed by atoms with Crippen LogP contribution in [0, 0.1) is 0 Å². The summed E-state index contributed by atoms with van der Waals surface area (Å²) in [5.74, 6) is 0. The van der Waals surface area contributed by atoms with Crippen LogP contribution >= 0.6 is 105 Å². The highest BCUT2D eigenvalue weighted by Gasteiger charge is 2.17. The van der Waals surface area contributed by atoms with Gasteiger partial charge in [-0.25, -0.2) is 15.0 Å². The SMILES string of the molecule is CSc1ncc(-c2ccc(Cl)cc2Cl)c(-c2ccc(Cl)cc2)n1.Clc1ccc(-c2nc(OCc3ccc(Cl)c(Cl)c3)ncc2-c2ccc(Cl)cc2Cl)cc1. The second-order valence-corrected chi connectivity index (χ2v) is 15.5. The van der Waals surface area contributed by atoms with Gasteiger partial charge in [0.05, 0.1) is 31.5 Å². The molecule has 5 aromatic carbocycles. The number of halogens is 8. The Kier molecular flexibility index (Phi) is 13.9. The lowest BCUT2D eigenvalue weighted by atomic mass is 10.0. The van der Waals surface area contributed by atoms with Gasteiger partial charge >= 0.3 is 6.01 Å². The van der Waals surface area contributed by atoms with E-state index in [2.05, 4.69) is 19.9 Å². The quantitative estimate of drug-likeness (QED) is 0.112. The summed E-state index contributed by atoms with van der Waals surface area (Å²) in [7, 11) is 0. The highest BCUT2D eigenvalue weighted by atomic mass is 35.5. The van der Waals surface area contributed by atoms with Crippen molar-refractivity contribution in [2.75, 3.05) is 6.26 Å². The first-order valence-electron chi connectivity index (χ1n) is 15.8. The summed E-state index contributed by atoms with van der Waals surface area (Å²) >= 11 is 50.4. The van der Waals surface area contributed by atoms with Gasteiger partial charge in [-0.2, -0.15) is 4.98 Å². The first-order chi connectivity index (χ1) is 26.0. The minimum Gasteiger partial charge on any atom is -0.459 e. The maximum atomic E-state index is 6.44. The maximum Gasteiger partial charge on any atom is 0.317 e. The molecule has 0 aliphatic carbocycles. The van der Waals surface area contributed by atoms with Gasteiger partial charge in [-0.1, -0.05) is 147 Å². The maximum absolute atomic E-state index is 6.44. The first-order valence-corrected chi connectivity index (χ1v) is 20.0. The predicted octanol–water partition coefficient (Wildman–Crippen LogP) is 15.1. The Balaban J connectivity index is 0.000000193. The lowest BCUT2D eigenvalue weighted by Gasteiger charge is -2.13. The third-order valence-electron chi connectivity index (χ3n) is 7.75. The fourth-order valence-corrected chi connectivity index (χ4v) is 7.08. The lowest BCUT2D eigenvalue weighted by molar-refractivity contribution is 0.281. The molecule has 2 heterocycles. The van der Waals surface area contributed by atoms with E-state index in [0.717, 1.165) is 44.6 Å². The van der Waals surface area contributed by atoms with Crippen molar-refractivity contribution in [3.63, 3.8) is 0 Å². The monoisotopic (exact) mass is 888 g/mol. The van der Waals surface area contributed by atoms with E-state index in [1.807, 2.05) is 60.9 Å². The summed E-state index contributed by atoms with van der Waals surface area (Å²) in [5.41, 5.74) is 7.29. The highest BCUT2D eigenvalue weighted by Crippen LogP contribution is 2.38. The van der Waals surface area contributed by atoms with Gasteiger partial charge in [-0.05, 0) is 72.5 Å². The number of hydrogen-bond donors (Lipinski definition) is 0. The average Bonchev–Trinajstić information content (AvgIpc) is 3.16. The van der Waals surface area contributed by atoms with Crippen molar-refractivity contribution in [2.24, 2.45) is 0 Å². The van der Waals surface area contributed by atoms with Crippen LogP contribution in [0.2, 0.25) is 40.2 Å². The highest BCUT2D eigenvalue weighted by molar-refractivity contribution is 7.98. The van der Waals surface area contributed by atoms with Crippen LogP contribution in [0.1, 0.15) is 5.56 Å². The van der Waals surface area contributed by atoms with Gasteiger partial charge in [0.1, 0.15) is 6.61 Å². The smallest absolute Gasteiger partial charge is 0.317 e. The molecule has 0 aliphatic heterocycles. The Hall–Kier alpha value is -3.27. The lowest BCUT2D eigenvalue weighted by Crippen LogP contribution is -2.02. The van der Waals surface area contributed by atoms with Crippen molar-refractivity contribution >= 4 is 105 Å². The fourth-order valence-electron chi connectivity index (χ4n) is 5.14. The zero-order valence-corrected chi connectivity index (χ0v) is 34.7. The van der Waals surface area contributed by atoms with Gasteiger partial charge < -0.3 is 4.74 Å². The van der Waals surface area contributed by atoms with Crippen molar-refractivity contribution in [1.82, 2.24) is 19.9 Å². The summed E-state index contributed by atoms with van der Waals surface area (Å²) in [6.07, 6.45) is 5.41. The van der Waals surface area contributed by atoms with E-state index in [1.165, 1.54) is 11.8 Å². The molecule has 0 saturated heterocycles. The minimum absolute atomic E-state index is 0.213. The van der Waals surface area contributed by atoms with Gasteiger partial charge in [0, 0.05) is 65.9 Å². The van der Waals surface area contributed by atoms with Crippen molar-refractivity contribution < 1.29 is 4.74 Å². The van der Waals surface area contributed by atoms with Crippen LogP contribution in [0.5, 0.6) is 6.01 Å². The molecule has 7 rings (SSSR count). The summed E-state index contributed by atoms with van der Waals surface area (Å²) in [4.78, 5) is 18.0. The molecule has 0 fully saturated rings. The molecule has 0 unspecified atom stereocenters. The average molecular weight is 892 g/mol. The van der Waals surface area contributed by atoms with Crippen LogP contribution < -0.4 is 4.74 Å². The number of thioether (sulfide) groups is 1. The number of rotatable bonds is 8. The molecule has 0 atom stereocenters. The van der Waals surface area contributed by atoms with E-state index in [-0.39, 0.29) is 12.6 Å². The predicted molar refractivity (Wildman–Crippen MR) is 228 cm³/mol. The molecule has 0 radical (unpaired) electrons. The Morgan fingerprint density at radius 2 is 0.981 bits per heavy atom. The molecule has 0 amide bonds. The van der Waals surface area contributed by atoms with Crippen molar-refractivity contribution in [1.29, 1.82) is 0 Å². The van der Waals surface area contributed by atoms with E-state index in [9.17, 15) is 0 Å². The number of benzene rings is 5. The molecule has 54 heavy (non-hydrogen) atoms. The summed E-state index contributed by atoms with van der Waals surface area (Å²) in [5, 5.41) is 5.14. The zero-order valence-electron chi connectivity index (χ0n) is 27.8. The second kappa shape index (κ2) is 18.6. The molecule has 0 bridgehead atoms. The molecular formula is C40H24Cl8N4OS. The van der Waals surface area contributed by atoms with Crippen molar-refractivity contribution in [3.05, 3.63) is 161 Å².